The molecule has 230 valence electrons. The van der Waals surface area contributed by atoms with E-state index >= 15 is 0 Å². The number of fused-ring (bicyclic) bond motifs is 1. The number of rotatable bonds is 7. The van der Waals surface area contributed by atoms with Gasteiger partial charge in [0.05, 0.1) is 30.4 Å². The summed E-state index contributed by atoms with van der Waals surface area (Å²) < 4.78 is 71.3. The molecule has 0 fully saturated rings. The van der Waals surface area contributed by atoms with E-state index in [1.54, 1.807) is 41.5 Å². The smallest absolute Gasteiger partial charge is 0.435 e. The van der Waals surface area contributed by atoms with Gasteiger partial charge in [-0.1, -0.05) is 6.07 Å². The van der Waals surface area contributed by atoms with E-state index in [9.17, 15) is 32.3 Å². The summed E-state index contributed by atoms with van der Waals surface area (Å²) in [5.74, 6) is -0.576. The van der Waals surface area contributed by atoms with Gasteiger partial charge in [-0.25, -0.2) is 14.0 Å². The standard InChI is InChI=1S/C28H34F4N4O6/c1-26(2,3)41-24(38)35(15-22(37)16-7-10-19(29)20(33)13-16)11-12-40-17-8-9-18-21(14-17)36(25(39)42-27(4,5)6)34-23(18)28(30,31)32/h7-10,13-14,22,37H,11-12,15,33H2,1-6H3/t22-/m0/s1. The summed E-state index contributed by atoms with van der Waals surface area (Å²) in [6.07, 6.45) is -7.96. The third-order valence-corrected chi connectivity index (χ3v) is 5.57. The number of aromatic nitrogens is 2. The van der Waals surface area contributed by atoms with E-state index in [0.717, 1.165) is 12.1 Å². The molecule has 0 unspecified atom stereocenters. The minimum absolute atomic E-state index is 0.0805. The monoisotopic (exact) mass is 598 g/mol. The lowest BCUT2D eigenvalue weighted by Gasteiger charge is -2.29. The number of amides is 1. The van der Waals surface area contributed by atoms with E-state index < -0.39 is 47.2 Å². The molecular formula is C28H34F4N4O6. The number of halogens is 4. The Hall–Kier alpha value is -4.07. The number of ether oxygens (including phenoxy) is 3. The highest BCUT2D eigenvalue weighted by Crippen LogP contribution is 2.35. The molecule has 1 heterocycles. The number of benzene rings is 2. The Balaban J connectivity index is 1.83. The van der Waals surface area contributed by atoms with Gasteiger partial charge in [0.1, 0.15) is 29.4 Å². The van der Waals surface area contributed by atoms with E-state index in [2.05, 4.69) is 5.10 Å². The number of aliphatic hydroxyl groups excluding tert-OH is 1. The average Bonchev–Trinajstić information content (AvgIpc) is 3.22. The van der Waals surface area contributed by atoms with Gasteiger partial charge in [0.15, 0.2) is 5.69 Å². The highest BCUT2D eigenvalue weighted by Gasteiger charge is 2.38. The predicted octanol–water partition coefficient (Wildman–Crippen LogP) is 5.91. The van der Waals surface area contributed by atoms with Gasteiger partial charge in [-0.15, -0.1) is 0 Å². The van der Waals surface area contributed by atoms with Crippen molar-refractivity contribution in [1.29, 1.82) is 0 Å². The second-order valence-electron chi connectivity index (χ2n) is 11.5. The Labute approximate surface area is 239 Å². The fourth-order valence-corrected chi connectivity index (χ4v) is 3.78. The van der Waals surface area contributed by atoms with Crippen molar-refractivity contribution in [3.63, 3.8) is 0 Å². The van der Waals surface area contributed by atoms with E-state index in [1.807, 2.05) is 0 Å². The minimum atomic E-state index is -4.84. The second-order valence-corrected chi connectivity index (χ2v) is 11.5. The van der Waals surface area contributed by atoms with Gasteiger partial charge in [0.25, 0.3) is 0 Å². The number of anilines is 1. The van der Waals surface area contributed by atoms with Gasteiger partial charge < -0.3 is 30.0 Å². The van der Waals surface area contributed by atoms with Gasteiger partial charge in [0.2, 0.25) is 0 Å². The van der Waals surface area contributed by atoms with Crippen LogP contribution in [0, 0.1) is 5.82 Å². The number of alkyl halides is 3. The summed E-state index contributed by atoms with van der Waals surface area (Å²) in [5.41, 5.74) is 2.39. The number of nitrogens with zero attached hydrogens (tertiary/aromatic N) is 3. The molecule has 0 aliphatic carbocycles. The molecule has 1 amide bonds. The number of carbonyl (C=O) groups is 2. The fraction of sp³-hybridized carbons (Fsp3) is 0.464. The number of hydrogen-bond acceptors (Lipinski definition) is 8. The van der Waals surface area contributed by atoms with Crippen molar-refractivity contribution in [2.24, 2.45) is 0 Å². The summed E-state index contributed by atoms with van der Waals surface area (Å²) in [6, 6.07) is 7.27. The summed E-state index contributed by atoms with van der Waals surface area (Å²) in [7, 11) is 0. The zero-order chi connectivity index (χ0) is 31.6. The first-order chi connectivity index (χ1) is 19.2. The van der Waals surface area contributed by atoms with Gasteiger partial charge in [-0.3, -0.25) is 0 Å². The second kappa shape index (κ2) is 12.0. The van der Waals surface area contributed by atoms with E-state index in [0.29, 0.717) is 4.68 Å². The van der Waals surface area contributed by atoms with Crippen molar-refractivity contribution in [2.75, 3.05) is 25.4 Å². The number of carbonyl (C=O) groups excluding carboxylic acids is 2. The van der Waals surface area contributed by atoms with Crippen LogP contribution in [0.25, 0.3) is 10.9 Å². The first-order valence-corrected chi connectivity index (χ1v) is 12.9. The van der Waals surface area contributed by atoms with Crippen molar-refractivity contribution < 1.29 is 46.5 Å². The zero-order valence-corrected chi connectivity index (χ0v) is 24.1. The van der Waals surface area contributed by atoms with Crippen LogP contribution in [0.15, 0.2) is 36.4 Å². The number of hydrogen-bond donors (Lipinski definition) is 2. The average molecular weight is 599 g/mol. The van der Waals surface area contributed by atoms with Crippen LogP contribution >= 0.6 is 0 Å². The summed E-state index contributed by atoms with van der Waals surface area (Å²) in [4.78, 5) is 26.7. The topological polar surface area (TPSA) is 129 Å². The Morgan fingerprint density at radius 2 is 1.67 bits per heavy atom. The van der Waals surface area contributed by atoms with Gasteiger partial charge >= 0.3 is 18.4 Å². The lowest BCUT2D eigenvalue weighted by Crippen LogP contribution is -2.41. The molecule has 0 spiro atoms. The molecule has 14 heteroatoms. The van der Waals surface area contributed by atoms with E-state index in [-0.39, 0.29) is 47.6 Å². The van der Waals surface area contributed by atoms with Crippen LogP contribution in [0.3, 0.4) is 0 Å². The largest absolute Gasteiger partial charge is 0.492 e. The normalized spacial score (nSPS) is 13.1. The molecule has 0 radical (unpaired) electrons. The van der Waals surface area contributed by atoms with Crippen LogP contribution in [0.2, 0.25) is 0 Å². The van der Waals surface area contributed by atoms with Crippen LogP contribution in [-0.2, 0) is 15.7 Å². The third-order valence-electron chi connectivity index (χ3n) is 5.57. The van der Waals surface area contributed by atoms with Crippen molar-refractivity contribution in [2.45, 2.75) is 65.0 Å². The van der Waals surface area contributed by atoms with E-state index in [1.165, 1.54) is 29.2 Å². The van der Waals surface area contributed by atoms with Crippen molar-refractivity contribution in [1.82, 2.24) is 14.7 Å². The quantitative estimate of drug-likeness (QED) is 0.254. The molecule has 0 saturated carbocycles. The van der Waals surface area contributed by atoms with E-state index in [4.69, 9.17) is 19.9 Å². The van der Waals surface area contributed by atoms with Crippen molar-refractivity contribution in [3.05, 3.63) is 53.5 Å². The molecule has 1 atom stereocenters. The zero-order valence-electron chi connectivity index (χ0n) is 24.1. The molecule has 3 N–H and O–H groups in total. The summed E-state index contributed by atoms with van der Waals surface area (Å²) in [6.45, 7) is 9.13. The van der Waals surface area contributed by atoms with Crippen LogP contribution in [0.4, 0.5) is 32.8 Å². The molecule has 3 rings (SSSR count). The molecule has 0 bridgehead atoms. The van der Waals surface area contributed by atoms with Crippen LogP contribution in [0.1, 0.15) is 58.9 Å². The fourth-order valence-electron chi connectivity index (χ4n) is 3.78. The maximum atomic E-state index is 13.6. The van der Waals surface area contributed by atoms with Gasteiger partial charge in [0, 0.05) is 11.5 Å². The predicted molar refractivity (Wildman–Crippen MR) is 145 cm³/mol. The van der Waals surface area contributed by atoms with Crippen molar-refractivity contribution >= 4 is 28.8 Å². The van der Waals surface area contributed by atoms with Crippen LogP contribution in [-0.4, -0.2) is 62.9 Å². The molecule has 0 aliphatic heterocycles. The molecule has 0 aliphatic rings. The molecule has 1 aromatic heterocycles. The Bertz CT molecular complexity index is 1440. The molecule has 42 heavy (non-hydrogen) atoms. The highest BCUT2D eigenvalue weighted by molar-refractivity contribution is 5.91. The van der Waals surface area contributed by atoms with Gasteiger partial charge in [-0.2, -0.15) is 23.0 Å². The summed E-state index contributed by atoms with van der Waals surface area (Å²) >= 11 is 0. The Morgan fingerprint density at radius 1 is 1.02 bits per heavy atom. The molecule has 2 aromatic carbocycles. The van der Waals surface area contributed by atoms with Gasteiger partial charge in [-0.05, 0) is 71.4 Å². The molecular weight excluding hydrogens is 564 g/mol. The number of aliphatic hydroxyl groups is 1. The Morgan fingerprint density at radius 3 is 2.24 bits per heavy atom. The third kappa shape index (κ3) is 8.47. The molecule has 3 aromatic rings. The van der Waals surface area contributed by atoms with Crippen LogP contribution in [0.5, 0.6) is 5.75 Å². The summed E-state index contributed by atoms with van der Waals surface area (Å²) in [5, 5.41) is 13.8. The SMILES string of the molecule is CC(C)(C)OC(=O)N(CCOc1ccc2c(C(F)(F)F)nn(C(=O)OC(C)(C)C)c2c1)C[C@H](O)c1ccc(F)c(N)c1. The Kier molecular flexibility index (Phi) is 9.30. The number of nitrogens with two attached hydrogens (primary N) is 1. The highest BCUT2D eigenvalue weighted by atomic mass is 19.4. The maximum absolute atomic E-state index is 13.6. The lowest BCUT2D eigenvalue weighted by atomic mass is 10.1. The lowest BCUT2D eigenvalue weighted by molar-refractivity contribution is -0.140. The molecule has 10 nitrogen and oxygen atoms in total. The first-order valence-electron chi connectivity index (χ1n) is 12.9. The maximum Gasteiger partial charge on any atom is 0.435 e. The first kappa shape index (κ1) is 32.4. The van der Waals surface area contributed by atoms with Crippen LogP contribution < -0.4 is 10.5 Å². The molecule has 0 saturated heterocycles. The number of nitrogen functional groups attached to an aromatic ring is 1. The minimum Gasteiger partial charge on any atom is -0.492 e. The van der Waals surface area contributed by atoms with Crippen molar-refractivity contribution in [3.8, 4) is 5.75 Å².